The molecule has 0 unspecified atom stereocenters. The van der Waals surface area contributed by atoms with Gasteiger partial charge in [0, 0.05) is 18.0 Å². The molecule has 0 atom stereocenters. The normalized spacial score (nSPS) is 15.2. The molecule has 1 aliphatic carbocycles. The Labute approximate surface area is 101 Å². The van der Waals surface area contributed by atoms with Crippen molar-refractivity contribution >= 4 is 0 Å². The highest BCUT2D eigenvalue weighted by Gasteiger charge is 2.29. The molecule has 1 heterocycles. The molecule has 1 saturated carbocycles. The fourth-order valence-corrected chi connectivity index (χ4v) is 2.04. The van der Waals surface area contributed by atoms with E-state index in [4.69, 9.17) is 10.2 Å². The van der Waals surface area contributed by atoms with Gasteiger partial charge in [0.1, 0.15) is 11.5 Å². The fourth-order valence-electron chi connectivity index (χ4n) is 2.04. The van der Waals surface area contributed by atoms with Gasteiger partial charge in [-0.1, -0.05) is 18.2 Å². The highest BCUT2D eigenvalue weighted by atomic mass is 16.4. The summed E-state index contributed by atoms with van der Waals surface area (Å²) in [5, 5.41) is 0. The molecule has 1 aliphatic rings. The standard InChI is InChI=1S/C14H16N2O/c1-9-13(16-14(17-9)11-5-6-11)12-4-2-3-10(7-12)8-15/h2-4,7,11H,5-6,8,15H2,1H3. The van der Waals surface area contributed by atoms with Crippen molar-refractivity contribution in [2.24, 2.45) is 5.73 Å². The Morgan fingerprint density at radius 1 is 1.41 bits per heavy atom. The van der Waals surface area contributed by atoms with Gasteiger partial charge in [0.15, 0.2) is 5.89 Å². The number of nitrogens with zero attached hydrogens (tertiary/aromatic N) is 1. The van der Waals surface area contributed by atoms with E-state index in [2.05, 4.69) is 17.1 Å². The molecule has 1 aromatic heterocycles. The first kappa shape index (κ1) is 10.5. The molecule has 2 aromatic rings. The third-order valence-electron chi connectivity index (χ3n) is 3.18. The molecule has 2 N–H and O–H groups in total. The van der Waals surface area contributed by atoms with E-state index < -0.39 is 0 Å². The van der Waals surface area contributed by atoms with Gasteiger partial charge in [0.05, 0.1) is 0 Å². The van der Waals surface area contributed by atoms with Crippen molar-refractivity contribution in [1.29, 1.82) is 0 Å². The Morgan fingerprint density at radius 3 is 2.94 bits per heavy atom. The molecule has 0 radical (unpaired) electrons. The summed E-state index contributed by atoms with van der Waals surface area (Å²) in [4.78, 5) is 4.61. The molecule has 17 heavy (non-hydrogen) atoms. The van der Waals surface area contributed by atoms with Crippen molar-refractivity contribution in [1.82, 2.24) is 4.98 Å². The van der Waals surface area contributed by atoms with E-state index in [1.165, 1.54) is 12.8 Å². The van der Waals surface area contributed by atoms with E-state index in [9.17, 15) is 0 Å². The Kier molecular flexibility index (Phi) is 2.48. The van der Waals surface area contributed by atoms with E-state index in [-0.39, 0.29) is 0 Å². The first-order valence-electron chi connectivity index (χ1n) is 6.04. The molecular formula is C14H16N2O. The van der Waals surface area contributed by atoms with E-state index in [0.717, 1.165) is 28.5 Å². The summed E-state index contributed by atoms with van der Waals surface area (Å²) in [7, 11) is 0. The Bertz CT molecular complexity index is 541. The zero-order valence-corrected chi connectivity index (χ0v) is 9.94. The first-order chi connectivity index (χ1) is 8.28. The van der Waals surface area contributed by atoms with Crippen LogP contribution in [0.15, 0.2) is 28.7 Å². The summed E-state index contributed by atoms with van der Waals surface area (Å²) in [6.45, 7) is 2.53. The summed E-state index contributed by atoms with van der Waals surface area (Å²) in [6, 6.07) is 8.19. The van der Waals surface area contributed by atoms with E-state index >= 15 is 0 Å². The second-order valence-electron chi connectivity index (χ2n) is 4.64. The number of benzene rings is 1. The number of hydrogen-bond acceptors (Lipinski definition) is 3. The molecule has 1 aromatic carbocycles. The van der Waals surface area contributed by atoms with Gasteiger partial charge in [-0.2, -0.15) is 0 Å². The molecule has 3 nitrogen and oxygen atoms in total. The molecule has 0 aliphatic heterocycles. The molecule has 88 valence electrons. The third kappa shape index (κ3) is 1.98. The Balaban J connectivity index is 2.01. The summed E-state index contributed by atoms with van der Waals surface area (Å²) < 4.78 is 5.72. The maximum absolute atomic E-state index is 5.72. The minimum Gasteiger partial charge on any atom is -0.445 e. The monoisotopic (exact) mass is 228 g/mol. The molecular weight excluding hydrogens is 212 g/mol. The van der Waals surface area contributed by atoms with Gasteiger partial charge in [-0.15, -0.1) is 0 Å². The predicted octanol–water partition coefficient (Wildman–Crippen LogP) is 2.99. The van der Waals surface area contributed by atoms with Gasteiger partial charge in [0.2, 0.25) is 0 Å². The number of rotatable bonds is 3. The van der Waals surface area contributed by atoms with E-state index in [1.54, 1.807) is 0 Å². The average molecular weight is 228 g/mol. The molecule has 3 heteroatoms. The van der Waals surface area contributed by atoms with Crippen molar-refractivity contribution in [3.63, 3.8) is 0 Å². The maximum atomic E-state index is 5.72. The van der Waals surface area contributed by atoms with Crippen LogP contribution < -0.4 is 5.73 Å². The summed E-state index contributed by atoms with van der Waals surface area (Å²) in [5.74, 6) is 2.36. The van der Waals surface area contributed by atoms with Crippen LogP contribution in [0.3, 0.4) is 0 Å². The van der Waals surface area contributed by atoms with Gasteiger partial charge in [-0.05, 0) is 31.4 Å². The van der Waals surface area contributed by atoms with Crippen LogP contribution in [0.4, 0.5) is 0 Å². The molecule has 0 bridgehead atoms. The summed E-state index contributed by atoms with van der Waals surface area (Å²) >= 11 is 0. The molecule has 0 spiro atoms. The van der Waals surface area contributed by atoms with Crippen LogP contribution >= 0.6 is 0 Å². The van der Waals surface area contributed by atoms with Crippen LogP contribution in [0.5, 0.6) is 0 Å². The second kappa shape index (κ2) is 4.00. The van der Waals surface area contributed by atoms with Gasteiger partial charge in [0.25, 0.3) is 0 Å². The minimum absolute atomic E-state index is 0.556. The highest BCUT2D eigenvalue weighted by Crippen LogP contribution is 2.41. The number of aryl methyl sites for hydroxylation is 1. The van der Waals surface area contributed by atoms with Crippen molar-refractivity contribution in [3.05, 3.63) is 41.5 Å². The number of oxazole rings is 1. The lowest BCUT2D eigenvalue weighted by atomic mass is 10.1. The average Bonchev–Trinajstić information content (AvgIpc) is 3.13. The predicted molar refractivity (Wildman–Crippen MR) is 66.5 cm³/mol. The largest absolute Gasteiger partial charge is 0.445 e. The van der Waals surface area contributed by atoms with Crippen LogP contribution in [0.25, 0.3) is 11.3 Å². The van der Waals surface area contributed by atoms with E-state index in [1.807, 2.05) is 19.1 Å². The molecule has 1 fully saturated rings. The Morgan fingerprint density at radius 2 is 2.24 bits per heavy atom. The lowest BCUT2D eigenvalue weighted by Gasteiger charge is -2.00. The second-order valence-corrected chi connectivity index (χ2v) is 4.64. The fraction of sp³-hybridized carbons (Fsp3) is 0.357. The van der Waals surface area contributed by atoms with Crippen LogP contribution in [-0.2, 0) is 6.54 Å². The van der Waals surface area contributed by atoms with Crippen molar-refractivity contribution in [3.8, 4) is 11.3 Å². The summed E-state index contributed by atoms with van der Waals surface area (Å²) in [6.07, 6.45) is 2.42. The highest BCUT2D eigenvalue weighted by molar-refractivity contribution is 5.62. The van der Waals surface area contributed by atoms with Gasteiger partial charge in [-0.25, -0.2) is 4.98 Å². The quantitative estimate of drug-likeness (QED) is 0.878. The van der Waals surface area contributed by atoms with Crippen LogP contribution in [0, 0.1) is 6.92 Å². The maximum Gasteiger partial charge on any atom is 0.198 e. The van der Waals surface area contributed by atoms with E-state index in [0.29, 0.717) is 12.5 Å². The topological polar surface area (TPSA) is 52.0 Å². The Hall–Kier alpha value is -1.61. The van der Waals surface area contributed by atoms with Gasteiger partial charge in [-0.3, -0.25) is 0 Å². The number of aromatic nitrogens is 1. The van der Waals surface area contributed by atoms with Crippen molar-refractivity contribution in [2.75, 3.05) is 0 Å². The third-order valence-corrected chi connectivity index (χ3v) is 3.18. The summed E-state index contributed by atoms with van der Waals surface area (Å²) in [5.41, 5.74) is 8.84. The van der Waals surface area contributed by atoms with Crippen LogP contribution in [-0.4, -0.2) is 4.98 Å². The van der Waals surface area contributed by atoms with Crippen LogP contribution in [0.2, 0.25) is 0 Å². The zero-order chi connectivity index (χ0) is 11.8. The molecule has 0 amide bonds. The number of nitrogens with two attached hydrogens (primary N) is 1. The van der Waals surface area contributed by atoms with Crippen molar-refractivity contribution in [2.45, 2.75) is 32.2 Å². The van der Waals surface area contributed by atoms with Gasteiger partial charge < -0.3 is 10.2 Å². The van der Waals surface area contributed by atoms with Crippen molar-refractivity contribution < 1.29 is 4.42 Å². The molecule has 0 saturated heterocycles. The smallest absolute Gasteiger partial charge is 0.198 e. The van der Waals surface area contributed by atoms with Crippen LogP contribution in [0.1, 0.15) is 36.0 Å². The SMILES string of the molecule is Cc1oc(C2CC2)nc1-c1cccc(CN)c1. The zero-order valence-electron chi connectivity index (χ0n) is 9.94. The number of hydrogen-bond donors (Lipinski definition) is 1. The first-order valence-corrected chi connectivity index (χ1v) is 6.04. The molecule has 3 rings (SSSR count). The minimum atomic E-state index is 0.556. The lowest BCUT2D eigenvalue weighted by molar-refractivity contribution is 0.473. The van der Waals surface area contributed by atoms with Gasteiger partial charge >= 0.3 is 0 Å². The lowest BCUT2D eigenvalue weighted by Crippen LogP contribution is -1.96.